The van der Waals surface area contributed by atoms with E-state index in [9.17, 15) is 4.79 Å². The van der Waals surface area contributed by atoms with Gasteiger partial charge in [0.25, 0.3) is 5.91 Å². The molecule has 0 atom stereocenters. The van der Waals surface area contributed by atoms with Crippen LogP contribution in [0.25, 0.3) is 0 Å². The Kier molecular flexibility index (Phi) is 8.65. The maximum absolute atomic E-state index is 12.0. The minimum atomic E-state index is -0.245. The van der Waals surface area contributed by atoms with Gasteiger partial charge in [0, 0.05) is 24.7 Å². The van der Waals surface area contributed by atoms with Crippen molar-refractivity contribution >= 4 is 53.1 Å². The molecule has 1 aliphatic rings. The summed E-state index contributed by atoms with van der Waals surface area (Å²) in [5.74, 6) is 1.40. The SMILES string of the molecule is I.NC(=NCCNC(=O)c1ccccc1Cl)Nc1ccc2c(c1)OCCCO2. The molecule has 0 saturated carbocycles. The fourth-order valence-corrected chi connectivity index (χ4v) is 2.74. The van der Waals surface area contributed by atoms with Gasteiger partial charge in [0.1, 0.15) is 0 Å². The van der Waals surface area contributed by atoms with E-state index in [1.54, 1.807) is 24.3 Å². The van der Waals surface area contributed by atoms with Gasteiger partial charge in [-0.3, -0.25) is 9.79 Å². The molecule has 7 nitrogen and oxygen atoms in total. The van der Waals surface area contributed by atoms with Gasteiger partial charge < -0.3 is 25.8 Å². The van der Waals surface area contributed by atoms with Crippen molar-refractivity contribution in [2.45, 2.75) is 6.42 Å². The van der Waals surface area contributed by atoms with E-state index in [-0.39, 0.29) is 35.8 Å². The van der Waals surface area contributed by atoms with E-state index < -0.39 is 0 Å². The van der Waals surface area contributed by atoms with Crippen molar-refractivity contribution in [2.75, 3.05) is 31.6 Å². The van der Waals surface area contributed by atoms with E-state index in [0.717, 1.165) is 17.9 Å². The topological polar surface area (TPSA) is 98.0 Å². The minimum absolute atomic E-state index is 0. The van der Waals surface area contributed by atoms with Crippen LogP contribution in [0.2, 0.25) is 5.02 Å². The highest BCUT2D eigenvalue weighted by molar-refractivity contribution is 14.0. The number of aliphatic imine (C=N–C) groups is 1. The summed E-state index contributed by atoms with van der Waals surface area (Å²) in [5, 5.41) is 6.17. The monoisotopic (exact) mass is 516 g/mol. The number of carbonyl (C=O) groups is 1. The Morgan fingerprint density at radius 3 is 2.68 bits per heavy atom. The largest absolute Gasteiger partial charge is 0.490 e. The summed E-state index contributed by atoms with van der Waals surface area (Å²) >= 11 is 6.00. The zero-order valence-corrected chi connectivity index (χ0v) is 18.2. The number of amides is 1. The average molecular weight is 517 g/mol. The lowest BCUT2D eigenvalue weighted by Crippen LogP contribution is -2.28. The van der Waals surface area contributed by atoms with Crippen molar-refractivity contribution in [1.29, 1.82) is 0 Å². The molecule has 150 valence electrons. The third kappa shape index (κ3) is 6.16. The lowest BCUT2D eigenvalue weighted by atomic mass is 10.2. The van der Waals surface area contributed by atoms with Crippen LogP contribution in [-0.4, -0.2) is 38.2 Å². The van der Waals surface area contributed by atoms with Crippen LogP contribution in [0.1, 0.15) is 16.8 Å². The van der Waals surface area contributed by atoms with Gasteiger partial charge >= 0.3 is 0 Å². The standard InChI is InChI=1S/C19H21ClN4O3.HI/c20-15-5-2-1-4-14(15)18(25)22-8-9-23-19(21)24-13-6-7-16-17(12-13)27-11-3-10-26-16;/h1-2,4-7,12H,3,8-11H2,(H,22,25)(H3,21,23,24);1H. The maximum atomic E-state index is 12.0. The quantitative estimate of drug-likeness (QED) is 0.245. The predicted molar refractivity (Wildman–Crippen MR) is 121 cm³/mol. The van der Waals surface area contributed by atoms with Gasteiger partial charge in [-0.1, -0.05) is 23.7 Å². The average Bonchev–Trinajstić information content (AvgIpc) is 2.90. The zero-order valence-electron chi connectivity index (χ0n) is 15.1. The molecule has 0 unspecified atom stereocenters. The first-order valence-corrected chi connectivity index (χ1v) is 9.00. The predicted octanol–water partition coefficient (Wildman–Crippen LogP) is 3.28. The summed E-state index contributed by atoms with van der Waals surface area (Å²) in [6, 6.07) is 12.4. The molecule has 2 aromatic carbocycles. The molecule has 0 saturated heterocycles. The molecule has 4 N–H and O–H groups in total. The number of guanidine groups is 1. The number of anilines is 1. The highest BCUT2D eigenvalue weighted by Gasteiger charge is 2.11. The molecule has 1 amide bonds. The summed E-state index contributed by atoms with van der Waals surface area (Å²) in [6.45, 7) is 1.93. The van der Waals surface area contributed by atoms with Crippen LogP contribution in [0.15, 0.2) is 47.5 Å². The molecule has 1 aliphatic heterocycles. The van der Waals surface area contributed by atoms with Crippen molar-refractivity contribution in [3.05, 3.63) is 53.1 Å². The van der Waals surface area contributed by atoms with Crippen LogP contribution in [0.4, 0.5) is 5.69 Å². The molecular weight excluding hydrogens is 495 g/mol. The molecule has 0 spiro atoms. The van der Waals surface area contributed by atoms with Gasteiger partial charge in [0.15, 0.2) is 17.5 Å². The number of ether oxygens (including phenoxy) is 2. The number of benzene rings is 2. The Morgan fingerprint density at radius 2 is 1.89 bits per heavy atom. The number of fused-ring (bicyclic) bond motifs is 1. The second-order valence-corrected chi connectivity index (χ2v) is 6.25. The van der Waals surface area contributed by atoms with Gasteiger partial charge in [-0.05, 0) is 24.3 Å². The number of nitrogens with two attached hydrogens (primary N) is 1. The Morgan fingerprint density at radius 1 is 1.14 bits per heavy atom. The smallest absolute Gasteiger partial charge is 0.252 e. The minimum Gasteiger partial charge on any atom is -0.490 e. The molecule has 1 heterocycles. The number of nitrogens with one attached hydrogen (secondary N) is 2. The first-order chi connectivity index (χ1) is 13.1. The van der Waals surface area contributed by atoms with E-state index in [1.165, 1.54) is 0 Å². The second kappa shape index (κ2) is 11.0. The Labute approximate surface area is 185 Å². The second-order valence-electron chi connectivity index (χ2n) is 5.84. The molecular formula is C19H22ClIN4O3. The van der Waals surface area contributed by atoms with Crippen LogP contribution >= 0.6 is 35.6 Å². The Balaban J connectivity index is 0.00000280. The number of hydrogen-bond donors (Lipinski definition) is 3. The van der Waals surface area contributed by atoms with Gasteiger partial charge in [0.05, 0.1) is 30.3 Å². The van der Waals surface area contributed by atoms with Crippen molar-refractivity contribution in [3.8, 4) is 11.5 Å². The van der Waals surface area contributed by atoms with Crippen LogP contribution in [-0.2, 0) is 0 Å². The van der Waals surface area contributed by atoms with E-state index >= 15 is 0 Å². The van der Waals surface area contributed by atoms with Gasteiger partial charge in [-0.25, -0.2) is 0 Å². The van der Waals surface area contributed by atoms with Gasteiger partial charge in [-0.2, -0.15) is 0 Å². The van der Waals surface area contributed by atoms with Gasteiger partial charge in [-0.15, -0.1) is 24.0 Å². The van der Waals surface area contributed by atoms with Crippen LogP contribution in [0.5, 0.6) is 11.5 Å². The fourth-order valence-electron chi connectivity index (χ4n) is 2.51. The van der Waals surface area contributed by atoms with E-state index in [2.05, 4.69) is 15.6 Å². The first-order valence-electron chi connectivity index (χ1n) is 8.63. The maximum Gasteiger partial charge on any atom is 0.252 e. The molecule has 3 rings (SSSR count). The zero-order chi connectivity index (χ0) is 19.1. The first kappa shape index (κ1) is 22.1. The Bertz CT molecular complexity index is 848. The molecule has 0 radical (unpaired) electrons. The molecule has 0 aliphatic carbocycles. The normalized spacial score (nSPS) is 13.1. The number of nitrogens with zero attached hydrogens (tertiary/aromatic N) is 1. The lowest BCUT2D eigenvalue weighted by Gasteiger charge is -2.11. The summed E-state index contributed by atoms with van der Waals surface area (Å²) in [7, 11) is 0. The molecule has 2 aromatic rings. The Hall–Kier alpha value is -2.20. The number of halogens is 2. The number of hydrogen-bond acceptors (Lipinski definition) is 4. The summed E-state index contributed by atoms with van der Waals surface area (Å²) in [5.41, 5.74) is 7.08. The lowest BCUT2D eigenvalue weighted by molar-refractivity contribution is 0.0955. The van der Waals surface area contributed by atoms with Crippen LogP contribution in [0, 0.1) is 0 Å². The fraction of sp³-hybridized carbons (Fsp3) is 0.263. The summed E-state index contributed by atoms with van der Waals surface area (Å²) in [6.07, 6.45) is 0.848. The summed E-state index contributed by atoms with van der Waals surface area (Å²) < 4.78 is 11.2. The van der Waals surface area contributed by atoms with Gasteiger partial charge in [0.2, 0.25) is 0 Å². The third-order valence-electron chi connectivity index (χ3n) is 3.82. The van der Waals surface area contributed by atoms with Crippen LogP contribution in [0.3, 0.4) is 0 Å². The van der Waals surface area contributed by atoms with E-state index in [1.807, 2.05) is 18.2 Å². The molecule has 0 fully saturated rings. The molecule has 9 heteroatoms. The van der Waals surface area contributed by atoms with Crippen molar-refractivity contribution in [2.24, 2.45) is 10.7 Å². The third-order valence-corrected chi connectivity index (χ3v) is 4.15. The number of rotatable bonds is 5. The van der Waals surface area contributed by atoms with Crippen molar-refractivity contribution < 1.29 is 14.3 Å². The summed E-state index contributed by atoms with van der Waals surface area (Å²) in [4.78, 5) is 16.3. The van der Waals surface area contributed by atoms with Crippen molar-refractivity contribution in [3.63, 3.8) is 0 Å². The highest BCUT2D eigenvalue weighted by atomic mass is 127. The van der Waals surface area contributed by atoms with Crippen molar-refractivity contribution in [1.82, 2.24) is 5.32 Å². The number of carbonyl (C=O) groups excluding carboxylic acids is 1. The molecule has 0 aromatic heterocycles. The molecule has 28 heavy (non-hydrogen) atoms. The molecule has 0 bridgehead atoms. The van der Waals surface area contributed by atoms with Crippen LogP contribution < -0.4 is 25.8 Å². The highest BCUT2D eigenvalue weighted by Crippen LogP contribution is 2.32. The van der Waals surface area contributed by atoms with E-state index in [0.29, 0.717) is 42.6 Å². The van der Waals surface area contributed by atoms with E-state index in [4.69, 9.17) is 26.8 Å².